The van der Waals surface area contributed by atoms with Gasteiger partial charge in [-0.3, -0.25) is 10.1 Å². The molecule has 2 aromatic carbocycles. The van der Waals surface area contributed by atoms with E-state index in [2.05, 4.69) is 15.4 Å². The number of amides is 1. The largest absolute Gasteiger partial charge is 0.483 e. The van der Waals surface area contributed by atoms with Crippen LogP contribution < -0.4 is 10.1 Å². The van der Waals surface area contributed by atoms with Gasteiger partial charge in [-0.05, 0) is 49.6 Å². The van der Waals surface area contributed by atoms with Crippen LogP contribution in [0.1, 0.15) is 16.7 Å². The van der Waals surface area contributed by atoms with Gasteiger partial charge in [0.1, 0.15) is 5.75 Å². The Balaban J connectivity index is 1.48. The van der Waals surface area contributed by atoms with E-state index in [0.29, 0.717) is 9.98 Å². The minimum Gasteiger partial charge on any atom is -0.483 e. The number of fused-ring (bicyclic) bond motifs is 1. The maximum Gasteiger partial charge on any atom is 0.264 e. The van der Waals surface area contributed by atoms with Gasteiger partial charge in [0.2, 0.25) is 4.96 Å². The molecule has 1 N–H and O–H groups in total. The summed E-state index contributed by atoms with van der Waals surface area (Å²) in [5.41, 5.74) is 5.01. The maximum absolute atomic E-state index is 12.3. The van der Waals surface area contributed by atoms with Gasteiger partial charge >= 0.3 is 0 Å². The Bertz CT molecular complexity index is 1200. The van der Waals surface area contributed by atoms with E-state index in [0.717, 1.165) is 33.7 Å². The van der Waals surface area contributed by atoms with Crippen LogP contribution in [0.2, 0.25) is 5.02 Å². The SMILES string of the molecule is Cc1ccc(C)c(OCC(=O)Nc2nc3scc(-c4ccc(Cl)cc4)n3n2)c1C. The third kappa shape index (κ3) is 3.97. The monoisotopic (exact) mass is 426 g/mol. The summed E-state index contributed by atoms with van der Waals surface area (Å²) in [7, 11) is 0. The van der Waals surface area contributed by atoms with Crippen molar-refractivity contribution >= 4 is 39.8 Å². The van der Waals surface area contributed by atoms with Crippen molar-refractivity contribution in [2.45, 2.75) is 20.8 Å². The lowest BCUT2D eigenvalue weighted by molar-refractivity contribution is -0.118. The van der Waals surface area contributed by atoms with E-state index in [9.17, 15) is 4.79 Å². The van der Waals surface area contributed by atoms with Crippen molar-refractivity contribution in [3.63, 3.8) is 0 Å². The van der Waals surface area contributed by atoms with Crippen molar-refractivity contribution in [2.75, 3.05) is 11.9 Å². The van der Waals surface area contributed by atoms with Gasteiger partial charge in [-0.2, -0.15) is 4.98 Å². The van der Waals surface area contributed by atoms with Crippen LogP contribution in [0.3, 0.4) is 0 Å². The highest BCUT2D eigenvalue weighted by Gasteiger charge is 2.15. The zero-order valence-electron chi connectivity index (χ0n) is 16.2. The Hall–Kier alpha value is -2.90. The van der Waals surface area contributed by atoms with Crippen LogP contribution in [0.15, 0.2) is 41.8 Å². The van der Waals surface area contributed by atoms with E-state index in [1.54, 1.807) is 4.52 Å². The second-order valence-electron chi connectivity index (χ2n) is 6.75. The number of halogens is 1. The fourth-order valence-electron chi connectivity index (χ4n) is 3.00. The normalized spacial score (nSPS) is 11.0. The van der Waals surface area contributed by atoms with Gasteiger partial charge in [0.25, 0.3) is 11.9 Å². The van der Waals surface area contributed by atoms with Gasteiger partial charge in [0, 0.05) is 16.0 Å². The first-order valence-corrected chi connectivity index (χ1v) is 10.3. The molecule has 0 atom stereocenters. The molecule has 0 fully saturated rings. The number of benzene rings is 2. The first-order chi connectivity index (χ1) is 13.9. The molecule has 0 spiro atoms. The number of nitrogens with zero attached hydrogens (tertiary/aromatic N) is 3. The van der Waals surface area contributed by atoms with E-state index < -0.39 is 0 Å². The number of carbonyl (C=O) groups excluding carboxylic acids is 1. The number of anilines is 1. The van der Waals surface area contributed by atoms with Crippen LogP contribution in [-0.2, 0) is 4.79 Å². The van der Waals surface area contributed by atoms with Crippen molar-refractivity contribution in [2.24, 2.45) is 0 Å². The third-order valence-electron chi connectivity index (χ3n) is 4.69. The number of hydrogen-bond acceptors (Lipinski definition) is 5. The molecule has 4 aromatic rings. The minimum atomic E-state index is -0.309. The zero-order chi connectivity index (χ0) is 20.5. The van der Waals surface area contributed by atoms with Crippen molar-refractivity contribution in [3.8, 4) is 17.0 Å². The molecule has 8 heteroatoms. The molecule has 1 amide bonds. The summed E-state index contributed by atoms with van der Waals surface area (Å²) in [6.07, 6.45) is 0. The molecule has 0 aliphatic carbocycles. The number of ether oxygens (including phenoxy) is 1. The number of thiazole rings is 1. The van der Waals surface area contributed by atoms with Gasteiger partial charge in [-0.25, -0.2) is 4.52 Å². The standard InChI is InChI=1S/C21H19ClN4O2S/c1-12-4-5-13(2)19(14(12)3)28-10-18(27)23-20-24-21-26(25-20)17(11-29-21)15-6-8-16(22)9-7-15/h4-9,11H,10H2,1-3H3,(H,23,25,27). The van der Waals surface area contributed by atoms with Gasteiger partial charge in [0.05, 0.1) is 5.69 Å². The molecule has 29 heavy (non-hydrogen) atoms. The second-order valence-corrected chi connectivity index (χ2v) is 8.02. The molecule has 2 heterocycles. The molecular weight excluding hydrogens is 408 g/mol. The van der Waals surface area contributed by atoms with E-state index in [4.69, 9.17) is 16.3 Å². The smallest absolute Gasteiger partial charge is 0.264 e. The highest BCUT2D eigenvalue weighted by atomic mass is 35.5. The number of aryl methyl sites for hydroxylation is 2. The third-order valence-corrected chi connectivity index (χ3v) is 5.76. The molecule has 148 valence electrons. The Kier molecular flexibility index (Phi) is 5.25. The molecular formula is C21H19ClN4O2S. The van der Waals surface area contributed by atoms with Gasteiger partial charge in [0.15, 0.2) is 6.61 Å². The van der Waals surface area contributed by atoms with Crippen molar-refractivity contribution in [3.05, 3.63) is 63.5 Å². The summed E-state index contributed by atoms with van der Waals surface area (Å²) < 4.78 is 7.47. The van der Waals surface area contributed by atoms with Crippen LogP contribution in [0.4, 0.5) is 5.95 Å². The molecule has 0 saturated heterocycles. The summed E-state index contributed by atoms with van der Waals surface area (Å²) in [5, 5.41) is 9.76. The summed E-state index contributed by atoms with van der Waals surface area (Å²) in [4.78, 5) is 17.4. The van der Waals surface area contributed by atoms with Crippen molar-refractivity contribution in [1.82, 2.24) is 14.6 Å². The summed E-state index contributed by atoms with van der Waals surface area (Å²) in [6, 6.07) is 11.5. The minimum absolute atomic E-state index is 0.109. The molecule has 6 nitrogen and oxygen atoms in total. The van der Waals surface area contributed by atoms with Gasteiger partial charge < -0.3 is 4.74 Å². The molecule has 0 radical (unpaired) electrons. The molecule has 2 aromatic heterocycles. The molecule has 0 aliphatic rings. The van der Waals surface area contributed by atoms with Crippen molar-refractivity contribution in [1.29, 1.82) is 0 Å². The molecule has 0 aliphatic heterocycles. The van der Waals surface area contributed by atoms with Crippen LogP contribution in [0, 0.1) is 20.8 Å². The first-order valence-electron chi connectivity index (χ1n) is 9.02. The van der Waals surface area contributed by atoms with Crippen LogP contribution in [-0.4, -0.2) is 27.1 Å². The lowest BCUT2D eigenvalue weighted by atomic mass is 10.1. The Morgan fingerprint density at radius 2 is 1.86 bits per heavy atom. The Morgan fingerprint density at radius 1 is 1.14 bits per heavy atom. The zero-order valence-corrected chi connectivity index (χ0v) is 17.8. The van der Waals surface area contributed by atoms with Crippen LogP contribution in [0.25, 0.3) is 16.2 Å². The highest BCUT2D eigenvalue weighted by Crippen LogP contribution is 2.27. The Labute approximate surface area is 177 Å². The van der Waals surface area contributed by atoms with Crippen LogP contribution in [0.5, 0.6) is 5.75 Å². The molecule has 0 bridgehead atoms. The summed E-state index contributed by atoms with van der Waals surface area (Å²) >= 11 is 7.41. The lowest BCUT2D eigenvalue weighted by Gasteiger charge is -2.13. The molecule has 0 unspecified atom stereocenters. The van der Waals surface area contributed by atoms with Crippen LogP contribution >= 0.6 is 22.9 Å². The van der Waals surface area contributed by atoms with Gasteiger partial charge in [-0.1, -0.05) is 35.9 Å². The number of hydrogen-bond donors (Lipinski definition) is 1. The topological polar surface area (TPSA) is 68.5 Å². The average molecular weight is 427 g/mol. The lowest BCUT2D eigenvalue weighted by Crippen LogP contribution is -2.21. The Morgan fingerprint density at radius 3 is 2.62 bits per heavy atom. The van der Waals surface area contributed by atoms with E-state index in [1.807, 2.05) is 62.5 Å². The molecule has 0 saturated carbocycles. The fourth-order valence-corrected chi connectivity index (χ4v) is 3.96. The van der Waals surface area contributed by atoms with E-state index >= 15 is 0 Å². The summed E-state index contributed by atoms with van der Waals surface area (Å²) in [5.74, 6) is 0.680. The second kappa shape index (κ2) is 7.85. The number of rotatable bonds is 5. The first kappa shape index (κ1) is 19.4. The highest BCUT2D eigenvalue weighted by molar-refractivity contribution is 7.15. The molecule has 4 rings (SSSR count). The quantitative estimate of drug-likeness (QED) is 0.484. The number of nitrogens with one attached hydrogen (secondary N) is 1. The predicted molar refractivity (Wildman–Crippen MR) is 116 cm³/mol. The predicted octanol–water partition coefficient (Wildman–Crippen LogP) is 5.05. The van der Waals surface area contributed by atoms with Crippen molar-refractivity contribution < 1.29 is 9.53 Å². The number of carbonyl (C=O) groups is 1. The van der Waals surface area contributed by atoms with E-state index in [-0.39, 0.29) is 18.5 Å². The average Bonchev–Trinajstić information content (AvgIpc) is 3.26. The number of aromatic nitrogens is 3. The van der Waals surface area contributed by atoms with Gasteiger partial charge in [-0.15, -0.1) is 16.4 Å². The maximum atomic E-state index is 12.3. The van der Waals surface area contributed by atoms with E-state index in [1.165, 1.54) is 11.3 Å². The fraction of sp³-hybridized carbons (Fsp3) is 0.190. The summed E-state index contributed by atoms with van der Waals surface area (Å²) in [6.45, 7) is 5.85.